The monoisotopic (exact) mass is 583 g/mol. The van der Waals surface area contributed by atoms with E-state index in [4.69, 9.17) is 18.9 Å². The standard InChI is InChI=1S/C29H35F2N7O4/c1-28(2,3)41-25-20(14-33-27(34-25)42-29(4,5)6)21-13-19-24(36-35-21)38(7)37-26(19)40-22(23(30)31)16-10-11-32-17(12-16)15-39-18-8-9-18/h10-14,18,22-23H,8-9,15H2,1-7H3/t22-/m1/s1. The normalized spacial score (nSPS) is 14.8. The second kappa shape index (κ2) is 11.3. The number of rotatable bonds is 10. The van der Waals surface area contributed by atoms with Gasteiger partial charge in [-0.3, -0.25) is 4.98 Å². The van der Waals surface area contributed by atoms with Crippen molar-refractivity contribution in [1.82, 2.24) is 34.9 Å². The minimum absolute atomic E-state index is 0.0200. The van der Waals surface area contributed by atoms with Crippen molar-refractivity contribution in [3.8, 4) is 29.0 Å². The van der Waals surface area contributed by atoms with Gasteiger partial charge in [-0.05, 0) is 72.6 Å². The summed E-state index contributed by atoms with van der Waals surface area (Å²) >= 11 is 0. The number of aromatic nitrogens is 7. The Morgan fingerprint density at radius 1 is 0.976 bits per heavy atom. The number of nitrogens with zero attached hydrogens (tertiary/aromatic N) is 7. The topological polar surface area (TPSA) is 119 Å². The predicted octanol–water partition coefficient (Wildman–Crippen LogP) is 5.63. The van der Waals surface area contributed by atoms with Gasteiger partial charge in [-0.15, -0.1) is 15.3 Å². The Hall–Kier alpha value is -4.00. The maximum absolute atomic E-state index is 14.4. The molecule has 1 fully saturated rings. The highest BCUT2D eigenvalue weighted by Crippen LogP contribution is 2.36. The molecule has 0 saturated heterocycles. The molecule has 1 aliphatic rings. The summed E-state index contributed by atoms with van der Waals surface area (Å²) in [5, 5.41) is 13.3. The highest BCUT2D eigenvalue weighted by atomic mass is 19.3. The van der Waals surface area contributed by atoms with Crippen molar-refractivity contribution in [1.29, 1.82) is 0 Å². The van der Waals surface area contributed by atoms with Gasteiger partial charge >= 0.3 is 6.01 Å². The molecular weight excluding hydrogens is 548 g/mol. The lowest BCUT2D eigenvalue weighted by Crippen LogP contribution is -2.26. The highest BCUT2D eigenvalue weighted by Gasteiger charge is 2.29. The molecule has 1 saturated carbocycles. The van der Waals surface area contributed by atoms with Crippen LogP contribution < -0.4 is 14.2 Å². The van der Waals surface area contributed by atoms with E-state index in [1.165, 1.54) is 23.1 Å². The minimum atomic E-state index is -2.84. The Kier molecular flexibility index (Phi) is 7.97. The van der Waals surface area contributed by atoms with Crippen LogP contribution >= 0.6 is 0 Å². The minimum Gasteiger partial charge on any atom is -0.471 e. The SMILES string of the molecule is Cn1nc(O[C@H](c2ccnc(COC3CC3)c2)C(F)F)c2cc(-c3cnc(OC(C)(C)C)nc3OC(C)(C)C)nnc21. The van der Waals surface area contributed by atoms with Gasteiger partial charge in [-0.1, -0.05) is 0 Å². The third-order valence-electron chi connectivity index (χ3n) is 5.99. The summed E-state index contributed by atoms with van der Waals surface area (Å²) < 4.78 is 53.7. The van der Waals surface area contributed by atoms with Gasteiger partial charge in [0.1, 0.15) is 16.9 Å². The number of halogens is 2. The van der Waals surface area contributed by atoms with Crippen LogP contribution in [0, 0.1) is 0 Å². The maximum Gasteiger partial charge on any atom is 0.320 e. The van der Waals surface area contributed by atoms with Gasteiger partial charge in [0, 0.05) is 25.0 Å². The summed E-state index contributed by atoms with van der Waals surface area (Å²) in [4.78, 5) is 13.1. The van der Waals surface area contributed by atoms with Crippen LogP contribution in [0.3, 0.4) is 0 Å². The van der Waals surface area contributed by atoms with E-state index in [1.54, 1.807) is 19.2 Å². The van der Waals surface area contributed by atoms with E-state index in [0.717, 1.165) is 12.8 Å². The van der Waals surface area contributed by atoms with E-state index in [2.05, 4.69) is 30.2 Å². The zero-order valence-electron chi connectivity index (χ0n) is 24.8. The third kappa shape index (κ3) is 7.25. The Balaban J connectivity index is 1.50. The second-order valence-corrected chi connectivity index (χ2v) is 12.2. The fourth-order valence-corrected chi connectivity index (χ4v) is 4.03. The van der Waals surface area contributed by atoms with E-state index in [1.807, 2.05) is 41.5 Å². The molecule has 0 N–H and O–H groups in total. The molecule has 0 aromatic carbocycles. The average molecular weight is 584 g/mol. The van der Waals surface area contributed by atoms with Crippen molar-refractivity contribution in [2.45, 2.75) is 90.8 Å². The van der Waals surface area contributed by atoms with Crippen molar-refractivity contribution in [3.63, 3.8) is 0 Å². The number of hydrogen-bond acceptors (Lipinski definition) is 10. The second-order valence-electron chi connectivity index (χ2n) is 12.2. The molecule has 4 heterocycles. The molecule has 224 valence electrons. The number of alkyl halides is 2. The zero-order valence-corrected chi connectivity index (χ0v) is 24.8. The highest BCUT2D eigenvalue weighted by molar-refractivity contribution is 5.85. The van der Waals surface area contributed by atoms with Crippen molar-refractivity contribution in [3.05, 3.63) is 41.9 Å². The van der Waals surface area contributed by atoms with E-state index < -0.39 is 23.7 Å². The molecular formula is C29H35F2N7O4. The first kappa shape index (κ1) is 29.5. The summed E-state index contributed by atoms with van der Waals surface area (Å²) in [6, 6.07) is 4.86. The van der Waals surface area contributed by atoms with Gasteiger partial charge in [-0.25, -0.2) is 18.4 Å². The van der Waals surface area contributed by atoms with Gasteiger partial charge < -0.3 is 18.9 Å². The molecule has 13 heteroatoms. The number of hydrogen-bond donors (Lipinski definition) is 0. The van der Waals surface area contributed by atoms with Crippen molar-refractivity contribution < 1.29 is 27.7 Å². The lowest BCUT2D eigenvalue weighted by molar-refractivity contribution is 0.00823. The Morgan fingerprint density at radius 2 is 1.71 bits per heavy atom. The summed E-state index contributed by atoms with van der Waals surface area (Å²) in [6.07, 6.45) is 0.798. The number of pyridine rings is 1. The van der Waals surface area contributed by atoms with Crippen LogP contribution in [0.5, 0.6) is 17.8 Å². The van der Waals surface area contributed by atoms with Crippen LogP contribution in [0.25, 0.3) is 22.3 Å². The summed E-state index contributed by atoms with van der Waals surface area (Å²) in [5.74, 6) is 0.216. The Bertz CT molecular complexity index is 1560. The van der Waals surface area contributed by atoms with Crippen LogP contribution in [0.4, 0.5) is 8.78 Å². The van der Waals surface area contributed by atoms with Crippen LogP contribution in [-0.2, 0) is 18.4 Å². The molecule has 0 amide bonds. The summed E-state index contributed by atoms with van der Waals surface area (Å²) in [7, 11) is 1.64. The summed E-state index contributed by atoms with van der Waals surface area (Å²) in [5.41, 5.74) is 0.829. The van der Waals surface area contributed by atoms with Gasteiger partial charge in [-0.2, -0.15) is 4.98 Å². The molecule has 1 atom stereocenters. The third-order valence-corrected chi connectivity index (χ3v) is 5.99. The van der Waals surface area contributed by atoms with Gasteiger partial charge in [0.15, 0.2) is 11.8 Å². The smallest absolute Gasteiger partial charge is 0.320 e. The molecule has 0 radical (unpaired) electrons. The van der Waals surface area contributed by atoms with Crippen LogP contribution in [0.2, 0.25) is 0 Å². The Labute approximate surface area is 242 Å². The van der Waals surface area contributed by atoms with E-state index in [9.17, 15) is 8.78 Å². The number of ether oxygens (including phenoxy) is 4. The zero-order chi connectivity index (χ0) is 30.2. The van der Waals surface area contributed by atoms with Crippen molar-refractivity contribution in [2.24, 2.45) is 7.05 Å². The van der Waals surface area contributed by atoms with Crippen molar-refractivity contribution >= 4 is 11.0 Å². The molecule has 11 nitrogen and oxygen atoms in total. The molecule has 4 aromatic rings. The Morgan fingerprint density at radius 3 is 2.38 bits per heavy atom. The first-order valence-electron chi connectivity index (χ1n) is 13.7. The van der Waals surface area contributed by atoms with E-state index in [-0.39, 0.29) is 36.0 Å². The molecule has 0 spiro atoms. The van der Waals surface area contributed by atoms with Crippen LogP contribution in [-0.4, -0.2) is 58.7 Å². The maximum atomic E-state index is 14.4. The molecule has 0 aliphatic heterocycles. The largest absolute Gasteiger partial charge is 0.471 e. The quantitative estimate of drug-likeness (QED) is 0.232. The van der Waals surface area contributed by atoms with Crippen molar-refractivity contribution in [2.75, 3.05) is 0 Å². The van der Waals surface area contributed by atoms with Gasteiger partial charge in [0.2, 0.25) is 11.8 Å². The van der Waals surface area contributed by atoms with Gasteiger partial charge in [0.25, 0.3) is 6.43 Å². The molecule has 0 unspecified atom stereocenters. The first-order valence-corrected chi connectivity index (χ1v) is 13.7. The molecule has 5 rings (SSSR count). The number of aryl methyl sites for hydroxylation is 1. The van der Waals surface area contributed by atoms with Gasteiger partial charge in [0.05, 0.1) is 29.4 Å². The molecule has 4 aromatic heterocycles. The van der Waals surface area contributed by atoms with Crippen LogP contribution in [0.1, 0.15) is 71.7 Å². The summed E-state index contributed by atoms with van der Waals surface area (Å²) in [6.45, 7) is 11.6. The predicted molar refractivity (Wildman–Crippen MR) is 150 cm³/mol. The molecule has 1 aliphatic carbocycles. The molecule has 0 bridgehead atoms. The lowest BCUT2D eigenvalue weighted by Gasteiger charge is -2.24. The first-order chi connectivity index (χ1) is 19.8. The average Bonchev–Trinajstić information content (AvgIpc) is 3.67. The number of fused-ring (bicyclic) bond motifs is 1. The van der Waals surface area contributed by atoms with E-state index >= 15 is 0 Å². The van der Waals surface area contributed by atoms with E-state index in [0.29, 0.717) is 28.0 Å². The fourth-order valence-electron chi connectivity index (χ4n) is 4.03. The van der Waals surface area contributed by atoms with Crippen LogP contribution in [0.15, 0.2) is 30.6 Å². The lowest BCUT2D eigenvalue weighted by atomic mass is 10.1. The fraction of sp³-hybridized carbons (Fsp3) is 0.517. The molecule has 42 heavy (non-hydrogen) atoms.